The zero-order chi connectivity index (χ0) is 11.1. The zero-order valence-electron chi connectivity index (χ0n) is 10.2. The van der Waals surface area contributed by atoms with Gasteiger partial charge in [-0.2, -0.15) is 0 Å². The molecule has 0 radical (unpaired) electrons. The van der Waals surface area contributed by atoms with Crippen molar-refractivity contribution in [2.24, 2.45) is 5.92 Å². The molecule has 2 rings (SSSR count). The Morgan fingerprint density at radius 2 is 2.07 bits per heavy atom. The van der Waals surface area contributed by atoms with Crippen molar-refractivity contribution in [3.63, 3.8) is 0 Å². The van der Waals surface area contributed by atoms with Gasteiger partial charge in [-0.15, -0.1) is 0 Å². The lowest BCUT2D eigenvalue weighted by molar-refractivity contribution is 0.299. The lowest BCUT2D eigenvalue weighted by atomic mass is 9.69. The second-order valence-corrected chi connectivity index (χ2v) is 5.34. The summed E-state index contributed by atoms with van der Waals surface area (Å²) in [4.78, 5) is 0. The molecule has 0 fully saturated rings. The van der Waals surface area contributed by atoms with Gasteiger partial charge in [-0.3, -0.25) is 0 Å². The van der Waals surface area contributed by atoms with Crippen LogP contribution in [-0.2, 0) is 12.0 Å². The van der Waals surface area contributed by atoms with Crippen LogP contribution in [-0.4, -0.2) is 6.54 Å². The van der Waals surface area contributed by atoms with Crippen molar-refractivity contribution in [3.8, 4) is 0 Å². The van der Waals surface area contributed by atoms with E-state index in [0.29, 0.717) is 11.3 Å². The minimum atomic E-state index is 0.291. The van der Waals surface area contributed by atoms with Gasteiger partial charge in [0.1, 0.15) is 0 Å². The van der Waals surface area contributed by atoms with E-state index in [9.17, 15) is 0 Å². The first kappa shape index (κ1) is 10.7. The first-order chi connectivity index (χ1) is 7.04. The molecule has 1 unspecified atom stereocenters. The summed E-state index contributed by atoms with van der Waals surface area (Å²) < 4.78 is 0. The Morgan fingerprint density at radius 3 is 2.73 bits per heavy atom. The molecule has 1 aliphatic rings. The van der Waals surface area contributed by atoms with Crippen LogP contribution in [0.1, 0.15) is 37.5 Å². The fourth-order valence-corrected chi connectivity index (χ4v) is 2.44. The molecule has 1 nitrogen and oxygen atoms in total. The molecule has 1 atom stereocenters. The standard InChI is InChI=1S/C14H21N/c1-10(2)14(4)9-15-8-12-6-5-11(3)7-13(12)14/h5-7,10,15H,8-9H2,1-4H3. The van der Waals surface area contributed by atoms with Gasteiger partial charge in [-0.1, -0.05) is 44.5 Å². The second-order valence-electron chi connectivity index (χ2n) is 5.34. The lowest BCUT2D eigenvalue weighted by Gasteiger charge is -2.40. The van der Waals surface area contributed by atoms with Crippen LogP contribution in [0.25, 0.3) is 0 Å². The third kappa shape index (κ3) is 1.69. The van der Waals surface area contributed by atoms with Crippen molar-refractivity contribution in [1.29, 1.82) is 0 Å². The maximum absolute atomic E-state index is 3.53. The van der Waals surface area contributed by atoms with Gasteiger partial charge in [0.05, 0.1) is 0 Å². The minimum absolute atomic E-state index is 0.291. The number of nitrogens with one attached hydrogen (secondary N) is 1. The molecule has 1 aliphatic heterocycles. The number of aryl methyl sites for hydroxylation is 1. The fraction of sp³-hybridized carbons (Fsp3) is 0.571. The van der Waals surface area contributed by atoms with E-state index in [4.69, 9.17) is 0 Å². The molecule has 0 spiro atoms. The minimum Gasteiger partial charge on any atom is -0.312 e. The van der Waals surface area contributed by atoms with Crippen LogP contribution in [0.4, 0.5) is 0 Å². The van der Waals surface area contributed by atoms with Gasteiger partial charge in [0.25, 0.3) is 0 Å². The van der Waals surface area contributed by atoms with Gasteiger partial charge < -0.3 is 5.32 Å². The molecule has 1 N–H and O–H groups in total. The number of hydrogen-bond donors (Lipinski definition) is 1. The Kier molecular flexibility index (Phi) is 2.59. The summed E-state index contributed by atoms with van der Waals surface area (Å²) >= 11 is 0. The van der Waals surface area contributed by atoms with Crippen LogP contribution in [0.15, 0.2) is 18.2 Å². The highest BCUT2D eigenvalue weighted by molar-refractivity contribution is 5.39. The van der Waals surface area contributed by atoms with Crippen LogP contribution in [0.2, 0.25) is 0 Å². The number of benzene rings is 1. The predicted octanol–water partition coefficient (Wildman–Crippen LogP) is 3.01. The Hall–Kier alpha value is -0.820. The molecular formula is C14H21N. The first-order valence-corrected chi connectivity index (χ1v) is 5.85. The zero-order valence-corrected chi connectivity index (χ0v) is 10.2. The average molecular weight is 203 g/mol. The van der Waals surface area contributed by atoms with E-state index < -0.39 is 0 Å². The van der Waals surface area contributed by atoms with Gasteiger partial charge in [-0.05, 0) is 24.0 Å². The van der Waals surface area contributed by atoms with Crippen molar-refractivity contribution in [2.75, 3.05) is 6.54 Å². The molecule has 0 saturated heterocycles. The van der Waals surface area contributed by atoms with Gasteiger partial charge in [0.15, 0.2) is 0 Å². The quantitative estimate of drug-likeness (QED) is 0.740. The highest BCUT2D eigenvalue weighted by Gasteiger charge is 2.34. The van der Waals surface area contributed by atoms with Gasteiger partial charge in [-0.25, -0.2) is 0 Å². The normalized spacial score (nSPS) is 25.4. The third-order valence-corrected chi connectivity index (χ3v) is 3.96. The molecule has 1 heteroatoms. The van der Waals surface area contributed by atoms with Crippen molar-refractivity contribution in [1.82, 2.24) is 5.32 Å². The van der Waals surface area contributed by atoms with Crippen LogP contribution in [0, 0.1) is 12.8 Å². The highest BCUT2D eigenvalue weighted by Crippen LogP contribution is 2.36. The molecule has 0 saturated carbocycles. The summed E-state index contributed by atoms with van der Waals surface area (Å²) in [7, 11) is 0. The SMILES string of the molecule is Cc1ccc2c(c1)C(C)(C(C)C)CNC2. The Bertz CT molecular complexity index is 368. The van der Waals surface area contributed by atoms with E-state index in [2.05, 4.69) is 51.2 Å². The summed E-state index contributed by atoms with van der Waals surface area (Å²) in [5.41, 5.74) is 4.70. The second kappa shape index (κ2) is 3.64. The lowest BCUT2D eigenvalue weighted by Crippen LogP contribution is -2.44. The first-order valence-electron chi connectivity index (χ1n) is 5.85. The summed E-state index contributed by atoms with van der Waals surface area (Å²) in [6.07, 6.45) is 0. The maximum Gasteiger partial charge on any atom is 0.0208 e. The Labute approximate surface area is 92.9 Å². The number of fused-ring (bicyclic) bond motifs is 1. The molecule has 0 bridgehead atoms. The van der Waals surface area contributed by atoms with E-state index >= 15 is 0 Å². The van der Waals surface area contributed by atoms with Crippen LogP contribution >= 0.6 is 0 Å². The van der Waals surface area contributed by atoms with Gasteiger partial charge >= 0.3 is 0 Å². The summed E-state index contributed by atoms with van der Waals surface area (Å²) in [5, 5.41) is 3.53. The summed E-state index contributed by atoms with van der Waals surface area (Å²) in [6, 6.07) is 6.86. The van der Waals surface area contributed by atoms with Crippen molar-refractivity contribution < 1.29 is 0 Å². The molecule has 82 valence electrons. The van der Waals surface area contributed by atoms with Crippen molar-refractivity contribution in [2.45, 2.75) is 39.7 Å². The van der Waals surface area contributed by atoms with Crippen molar-refractivity contribution in [3.05, 3.63) is 34.9 Å². The molecule has 15 heavy (non-hydrogen) atoms. The topological polar surface area (TPSA) is 12.0 Å². The van der Waals surface area contributed by atoms with E-state index in [1.54, 1.807) is 5.56 Å². The average Bonchev–Trinajstić information content (AvgIpc) is 2.19. The summed E-state index contributed by atoms with van der Waals surface area (Å²) in [5.74, 6) is 0.672. The van der Waals surface area contributed by atoms with Crippen molar-refractivity contribution >= 4 is 0 Å². The fourth-order valence-electron chi connectivity index (χ4n) is 2.44. The maximum atomic E-state index is 3.53. The van der Waals surface area contributed by atoms with Crippen LogP contribution in [0.5, 0.6) is 0 Å². The monoisotopic (exact) mass is 203 g/mol. The molecule has 0 amide bonds. The number of hydrogen-bond acceptors (Lipinski definition) is 1. The van der Waals surface area contributed by atoms with E-state index in [1.165, 1.54) is 11.1 Å². The molecule has 1 heterocycles. The Morgan fingerprint density at radius 1 is 1.33 bits per heavy atom. The molecule has 1 aromatic rings. The Balaban J connectivity index is 2.54. The van der Waals surface area contributed by atoms with E-state index in [0.717, 1.165) is 13.1 Å². The third-order valence-electron chi connectivity index (χ3n) is 3.96. The molecule has 0 aliphatic carbocycles. The molecule has 0 aromatic heterocycles. The molecular weight excluding hydrogens is 182 g/mol. The number of rotatable bonds is 1. The van der Waals surface area contributed by atoms with E-state index in [-0.39, 0.29) is 0 Å². The summed E-state index contributed by atoms with van der Waals surface area (Å²) in [6.45, 7) is 11.3. The highest BCUT2D eigenvalue weighted by atomic mass is 14.9. The largest absolute Gasteiger partial charge is 0.312 e. The van der Waals surface area contributed by atoms with E-state index in [1.807, 2.05) is 0 Å². The smallest absolute Gasteiger partial charge is 0.0208 e. The molecule has 1 aromatic carbocycles. The van der Waals surface area contributed by atoms with Crippen LogP contribution in [0.3, 0.4) is 0 Å². The van der Waals surface area contributed by atoms with Gasteiger partial charge in [0, 0.05) is 18.5 Å². The van der Waals surface area contributed by atoms with Gasteiger partial charge in [0.2, 0.25) is 0 Å². The predicted molar refractivity (Wildman–Crippen MR) is 65.1 cm³/mol. The van der Waals surface area contributed by atoms with Crippen LogP contribution < -0.4 is 5.32 Å².